The molecule has 1 aliphatic heterocycles. The summed E-state index contributed by atoms with van der Waals surface area (Å²) in [5, 5.41) is 15.3. The van der Waals surface area contributed by atoms with E-state index in [0.29, 0.717) is 53.3 Å². The number of Topliss-reactive ketones (excluding diaryl/α,β-unsaturated/α-hetero) is 1. The molecule has 1 saturated heterocycles. The third kappa shape index (κ3) is 5.37. The standard InChI is InChI=1S/C29H32N2O7/c1-6-36-21-10-7-19(8-11-21)27(32)25-26(31(29(34)28(25)33)24-15-18(4)38-30-24)20-9-12-22(23(16-20)35-5)37-14-13-17(2)3/h7-12,15-17,26,32H,6,13-14H2,1-5H3. The number of rotatable bonds is 10. The highest BCUT2D eigenvalue weighted by molar-refractivity contribution is 6.51. The summed E-state index contributed by atoms with van der Waals surface area (Å²) >= 11 is 0. The van der Waals surface area contributed by atoms with E-state index in [0.717, 1.165) is 6.42 Å². The number of ketones is 1. The average molecular weight is 521 g/mol. The van der Waals surface area contributed by atoms with Crippen LogP contribution in [-0.2, 0) is 9.59 Å². The highest BCUT2D eigenvalue weighted by Crippen LogP contribution is 2.44. The summed E-state index contributed by atoms with van der Waals surface area (Å²) in [6.07, 6.45) is 0.874. The highest BCUT2D eigenvalue weighted by Gasteiger charge is 2.48. The van der Waals surface area contributed by atoms with E-state index in [1.54, 1.807) is 55.5 Å². The number of carbonyl (C=O) groups is 2. The molecule has 0 bridgehead atoms. The van der Waals surface area contributed by atoms with E-state index in [-0.39, 0.29) is 17.2 Å². The first-order valence-corrected chi connectivity index (χ1v) is 12.5. The molecular formula is C29H32N2O7. The molecule has 1 aromatic heterocycles. The molecule has 1 amide bonds. The number of hydrogen-bond acceptors (Lipinski definition) is 8. The third-order valence-corrected chi connectivity index (χ3v) is 6.20. The number of benzene rings is 2. The molecular weight excluding hydrogens is 488 g/mol. The van der Waals surface area contributed by atoms with Crippen molar-refractivity contribution in [2.75, 3.05) is 25.2 Å². The minimum atomic E-state index is -0.982. The highest BCUT2D eigenvalue weighted by atomic mass is 16.5. The number of anilines is 1. The minimum absolute atomic E-state index is 0.0738. The molecule has 38 heavy (non-hydrogen) atoms. The van der Waals surface area contributed by atoms with Crippen molar-refractivity contribution in [2.24, 2.45) is 5.92 Å². The van der Waals surface area contributed by atoms with Crippen LogP contribution in [0, 0.1) is 12.8 Å². The average Bonchev–Trinajstić information content (AvgIpc) is 3.44. The van der Waals surface area contributed by atoms with Crippen molar-refractivity contribution in [3.8, 4) is 17.2 Å². The lowest BCUT2D eigenvalue weighted by Crippen LogP contribution is -2.29. The van der Waals surface area contributed by atoms with Gasteiger partial charge < -0.3 is 23.8 Å². The van der Waals surface area contributed by atoms with Crippen molar-refractivity contribution < 1.29 is 33.4 Å². The Bertz CT molecular complexity index is 1340. The molecule has 9 heteroatoms. The van der Waals surface area contributed by atoms with Gasteiger partial charge in [0.25, 0.3) is 5.78 Å². The SMILES string of the molecule is CCOc1ccc(C(O)=C2C(=O)C(=O)N(c3cc(C)on3)C2c2ccc(OCCC(C)C)c(OC)c2)cc1. The van der Waals surface area contributed by atoms with Gasteiger partial charge in [0.2, 0.25) is 0 Å². The van der Waals surface area contributed by atoms with Crippen LogP contribution in [0.3, 0.4) is 0 Å². The van der Waals surface area contributed by atoms with Crippen LogP contribution < -0.4 is 19.1 Å². The maximum Gasteiger partial charge on any atom is 0.301 e. The number of nitrogens with zero attached hydrogens (tertiary/aromatic N) is 2. The first-order chi connectivity index (χ1) is 18.2. The molecule has 1 aliphatic rings. The summed E-state index contributed by atoms with van der Waals surface area (Å²) in [6.45, 7) is 8.80. The molecule has 4 rings (SSSR count). The van der Waals surface area contributed by atoms with Gasteiger partial charge in [-0.3, -0.25) is 14.5 Å². The number of aromatic nitrogens is 1. The zero-order valence-corrected chi connectivity index (χ0v) is 22.2. The van der Waals surface area contributed by atoms with Crippen molar-refractivity contribution in [1.82, 2.24) is 5.16 Å². The Morgan fingerprint density at radius 1 is 1.08 bits per heavy atom. The van der Waals surface area contributed by atoms with Gasteiger partial charge >= 0.3 is 5.91 Å². The molecule has 9 nitrogen and oxygen atoms in total. The predicted molar refractivity (Wildman–Crippen MR) is 142 cm³/mol. The minimum Gasteiger partial charge on any atom is -0.507 e. The lowest BCUT2D eigenvalue weighted by atomic mass is 9.95. The Hall–Kier alpha value is -4.27. The van der Waals surface area contributed by atoms with E-state index in [9.17, 15) is 14.7 Å². The van der Waals surface area contributed by atoms with Crippen LogP contribution in [0.25, 0.3) is 5.76 Å². The van der Waals surface area contributed by atoms with E-state index >= 15 is 0 Å². The summed E-state index contributed by atoms with van der Waals surface area (Å²) in [4.78, 5) is 27.9. The number of ether oxygens (including phenoxy) is 3. The van der Waals surface area contributed by atoms with Crippen molar-refractivity contribution >= 4 is 23.3 Å². The smallest absolute Gasteiger partial charge is 0.301 e. The van der Waals surface area contributed by atoms with E-state index in [2.05, 4.69) is 19.0 Å². The molecule has 1 fully saturated rings. The first-order valence-electron chi connectivity index (χ1n) is 12.5. The van der Waals surface area contributed by atoms with Gasteiger partial charge in [-0.05, 0) is 68.1 Å². The number of carbonyl (C=O) groups excluding carboxylic acids is 2. The Morgan fingerprint density at radius 2 is 1.82 bits per heavy atom. The second-order valence-corrected chi connectivity index (χ2v) is 9.36. The summed E-state index contributed by atoms with van der Waals surface area (Å²) < 4.78 is 22.2. The number of aryl methyl sites for hydroxylation is 1. The van der Waals surface area contributed by atoms with Gasteiger partial charge in [0, 0.05) is 11.6 Å². The number of aliphatic hydroxyl groups is 1. The largest absolute Gasteiger partial charge is 0.507 e. The molecule has 1 unspecified atom stereocenters. The van der Waals surface area contributed by atoms with Crippen LogP contribution >= 0.6 is 0 Å². The van der Waals surface area contributed by atoms with Crippen molar-refractivity contribution in [3.63, 3.8) is 0 Å². The van der Waals surface area contributed by atoms with Crippen LogP contribution in [0.1, 0.15) is 50.1 Å². The molecule has 2 aromatic carbocycles. The fraction of sp³-hybridized carbons (Fsp3) is 0.345. The number of methoxy groups -OCH3 is 1. The quantitative estimate of drug-likeness (QED) is 0.214. The van der Waals surface area contributed by atoms with Crippen molar-refractivity contribution in [3.05, 3.63) is 71.0 Å². The monoisotopic (exact) mass is 520 g/mol. The van der Waals surface area contributed by atoms with E-state index in [1.165, 1.54) is 12.0 Å². The van der Waals surface area contributed by atoms with Gasteiger partial charge in [-0.25, -0.2) is 0 Å². The molecule has 1 atom stereocenters. The van der Waals surface area contributed by atoms with Gasteiger partial charge in [0.15, 0.2) is 17.3 Å². The lowest BCUT2D eigenvalue weighted by molar-refractivity contribution is -0.132. The first kappa shape index (κ1) is 26.8. The molecule has 3 aromatic rings. The zero-order chi connectivity index (χ0) is 27.4. The number of amides is 1. The topological polar surface area (TPSA) is 111 Å². The second kappa shape index (κ2) is 11.4. The lowest BCUT2D eigenvalue weighted by Gasteiger charge is -2.24. The molecule has 0 spiro atoms. The van der Waals surface area contributed by atoms with Crippen LogP contribution in [-0.4, -0.2) is 42.3 Å². The predicted octanol–water partition coefficient (Wildman–Crippen LogP) is 5.44. The number of aliphatic hydroxyl groups excluding tert-OH is 1. The Morgan fingerprint density at radius 3 is 2.42 bits per heavy atom. The summed E-state index contributed by atoms with van der Waals surface area (Å²) in [5.41, 5.74) is 0.828. The van der Waals surface area contributed by atoms with Gasteiger partial charge in [0.1, 0.15) is 17.3 Å². The Kier molecular flexibility index (Phi) is 8.05. The van der Waals surface area contributed by atoms with Crippen molar-refractivity contribution in [2.45, 2.75) is 40.2 Å². The molecule has 200 valence electrons. The molecule has 2 heterocycles. The molecule has 0 saturated carbocycles. The molecule has 0 aliphatic carbocycles. The zero-order valence-electron chi connectivity index (χ0n) is 22.2. The third-order valence-electron chi connectivity index (χ3n) is 6.20. The van der Waals surface area contributed by atoms with Gasteiger partial charge in [0.05, 0.1) is 31.9 Å². The van der Waals surface area contributed by atoms with Crippen LogP contribution in [0.4, 0.5) is 5.82 Å². The van der Waals surface area contributed by atoms with E-state index < -0.39 is 17.7 Å². The Balaban J connectivity index is 1.82. The maximum atomic E-state index is 13.3. The summed E-state index contributed by atoms with van der Waals surface area (Å²) in [5.74, 6) is 0.744. The summed E-state index contributed by atoms with van der Waals surface area (Å²) in [6, 6.07) is 12.4. The van der Waals surface area contributed by atoms with Crippen LogP contribution in [0.2, 0.25) is 0 Å². The van der Waals surface area contributed by atoms with Gasteiger partial charge in [-0.15, -0.1) is 0 Å². The number of hydrogen-bond donors (Lipinski definition) is 1. The molecule has 1 N–H and O–H groups in total. The second-order valence-electron chi connectivity index (χ2n) is 9.36. The Labute approximate surface area is 221 Å². The van der Waals surface area contributed by atoms with Crippen LogP contribution in [0.5, 0.6) is 17.2 Å². The van der Waals surface area contributed by atoms with E-state index in [1.807, 2.05) is 6.92 Å². The fourth-order valence-electron chi connectivity index (χ4n) is 4.26. The van der Waals surface area contributed by atoms with E-state index in [4.69, 9.17) is 18.7 Å². The van der Waals surface area contributed by atoms with Crippen LogP contribution in [0.15, 0.2) is 58.6 Å². The molecule has 0 radical (unpaired) electrons. The summed E-state index contributed by atoms with van der Waals surface area (Å²) in [7, 11) is 1.52. The fourth-order valence-corrected chi connectivity index (χ4v) is 4.26. The van der Waals surface area contributed by atoms with Crippen molar-refractivity contribution in [1.29, 1.82) is 0 Å². The maximum absolute atomic E-state index is 13.3. The van der Waals surface area contributed by atoms with Gasteiger partial charge in [-0.2, -0.15) is 0 Å². The normalized spacial score (nSPS) is 16.8. The van der Waals surface area contributed by atoms with Gasteiger partial charge in [-0.1, -0.05) is 25.1 Å².